The molecule has 2 aliphatic heterocycles. The smallest absolute Gasteiger partial charge is 0.0897 e. The SMILES string of the molecule is CCC1C[C@H]2[C@@H](O1)[C@@H](N)CN2C. The van der Waals surface area contributed by atoms with E-state index in [9.17, 15) is 0 Å². The van der Waals surface area contributed by atoms with Crippen LogP contribution in [0.3, 0.4) is 0 Å². The standard InChI is InChI=1S/C9H18N2O/c1-3-6-4-8-9(12-6)7(10)5-11(8)2/h6-9H,3-5,10H2,1-2H3/t6?,7-,8-,9-/m0/s1. The minimum absolute atomic E-state index is 0.233. The Morgan fingerprint density at radius 1 is 1.58 bits per heavy atom. The molecule has 2 aliphatic rings. The summed E-state index contributed by atoms with van der Waals surface area (Å²) >= 11 is 0. The first-order valence-electron chi connectivity index (χ1n) is 4.83. The zero-order valence-electron chi connectivity index (χ0n) is 7.86. The monoisotopic (exact) mass is 170 g/mol. The van der Waals surface area contributed by atoms with Gasteiger partial charge in [0.25, 0.3) is 0 Å². The molecule has 0 aromatic heterocycles. The minimum atomic E-state index is 0.233. The summed E-state index contributed by atoms with van der Waals surface area (Å²) in [7, 11) is 2.14. The molecule has 2 fully saturated rings. The number of ether oxygens (including phenoxy) is 1. The zero-order valence-corrected chi connectivity index (χ0v) is 7.86. The van der Waals surface area contributed by atoms with Crippen molar-refractivity contribution in [1.82, 2.24) is 4.90 Å². The largest absolute Gasteiger partial charge is 0.372 e. The van der Waals surface area contributed by atoms with E-state index in [1.54, 1.807) is 0 Å². The van der Waals surface area contributed by atoms with Gasteiger partial charge in [-0.15, -0.1) is 0 Å². The lowest BCUT2D eigenvalue weighted by molar-refractivity contribution is 0.0355. The highest BCUT2D eigenvalue weighted by Gasteiger charge is 2.45. The topological polar surface area (TPSA) is 38.5 Å². The van der Waals surface area contributed by atoms with E-state index in [1.807, 2.05) is 0 Å². The molecule has 2 saturated heterocycles. The van der Waals surface area contributed by atoms with Gasteiger partial charge in [0.05, 0.1) is 12.2 Å². The first kappa shape index (κ1) is 8.48. The third-order valence-electron chi connectivity index (χ3n) is 3.18. The van der Waals surface area contributed by atoms with Gasteiger partial charge >= 0.3 is 0 Å². The lowest BCUT2D eigenvalue weighted by Gasteiger charge is -2.15. The van der Waals surface area contributed by atoms with Gasteiger partial charge in [-0.2, -0.15) is 0 Å². The highest BCUT2D eigenvalue weighted by Crippen LogP contribution is 2.32. The minimum Gasteiger partial charge on any atom is -0.372 e. The quantitative estimate of drug-likeness (QED) is 0.611. The van der Waals surface area contributed by atoms with E-state index >= 15 is 0 Å². The fourth-order valence-electron chi connectivity index (χ4n) is 2.42. The Morgan fingerprint density at radius 2 is 2.33 bits per heavy atom. The van der Waals surface area contributed by atoms with Crippen molar-refractivity contribution in [2.24, 2.45) is 5.73 Å². The summed E-state index contributed by atoms with van der Waals surface area (Å²) in [5, 5.41) is 0. The maximum Gasteiger partial charge on any atom is 0.0897 e. The number of rotatable bonds is 1. The molecule has 0 aliphatic carbocycles. The van der Waals surface area contributed by atoms with Crippen molar-refractivity contribution in [3.05, 3.63) is 0 Å². The third-order valence-corrected chi connectivity index (χ3v) is 3.18. The number of hydrogen-bond acceptors (Lipinski definition) is 3. The van der Waals surface area contributed by atoms with Crippen molar-refractivity contribution in [1.29, 1.82) is 0 Å². The number of hydrogen-bond donors (Lipinski definition) is 1. The Morgan fingerprint density at radius 3 is 2.92 bits per heavy atom. The van der Waals surface area contributed by atoms with Crippen molar-refractivity contribution in [3.63, 3.8) is 0 Å². The first-order chi connectivity index (χ1) is 5.72. The second kappa shape index (κ2) is 2.98. The number of likely N-dealkylation sites (tertiary alicyclic amines) is 1. The molecule has 2 N–H and O–H groups in total. The summed E-state index contributed by atoms with van der Waals surface area (Å²) in [6, 6.07) is 0.821. The molecular formula is C9H18N2O. The number of likely N-dealkylation sites (N-methyl/N-ethyl adjacent to an activating group) is 1. The van der Waals surface area contributed by atoms with Crippen LogP contribution in [-0.4, -0.2) is 42.8 Å². The van der Waals surface area contributed by atoms with Crippen LogP contribution in [0.25, 0.3) is 0 Å². The summed E-state index contributed by atoms with van der Waals surface area (Å²) in [5.41, 5.74) is 5.96. The van der Waals surface area contributed by atoms with Crippen molar-refractivity contribution in [2.45, 2.75) is 44.1 Å². The van der Waals surface area contributed by atoms with Crippen LogP contribution in [0, 0.1) is 0 Å². The van der Waals surface area contributed by atoms with Crippen molar-refractivity contribution >= 4 is 0 Å². The fraction of sp³-hybridized carbons (Fsp3) is 1.00. The molecule has 0 aromatic rings. The fourth-order valence-corrected chi connectivity index (χ4v) is 2.42. The highest BCUT2D eigenvalue weighted by molar-refractivity contribution is 5.00. The highest BCUT2D eigenvalue weighted by atomic mass is 16.5. The second-order valence-corrected chi connectivity index (χ2v) is 4.04. The van der Waals surface area contributed by atoms with E-state index in [4.69, 9.17) is 10.5 Å². The molecule has 0 amide bonds. The van der Waals surface area contributed by atoms with E-state index < -0.39 is 0 Å². The van der Waals surface area contributed by atoms with E-state index in [-0.39, 0.29) is 6.04 Å². The van der Waals surface area contributed by atoms with Crippen LogP contribution in [0.5, 0.6) is 0 Å². The average Bonchev–Trinajstić information content (AvgIpc) is 2.55. The lowest BCUT2D eigenvalue weighted by Crippen LogP contribution is -2.35. The van der Waals surface area contributed by atoms with Crippen LogP contribution in [0.15, 0.2) is 0 Å². The summed E-state index contributed by atoms with van der Waals surface area (Å²) in [6.07, 6.45) is 3.05. The van der Waals surface area contributed by atoms with E-state index in [2.05, 4.69) is 18.9 Å². The average molecular weight is 170 g/mol. The summed E-state index contributed by atoms with van der Waals surface area (Å²) < 4.78 is 5.85. The maximum atomic E-state index is 5.96. The molecule has 1 unspecified atom stereocenters. The Labute approximate surface area is 73.9 Å². The summed E-state index contributed by atoms with van der Waals surface area (Å²) in [5.74, 6) is 0. The van der Waals surface area contributed by atoms with Gasteiger partial charge in [-0.05, 0) is 19.9 Å². The molecule has 0 radical (unpaired) electrons. The van der Waals surface area contributed by atoms with Gasteiger partial charge < -0.3 is 10.5 Å². The predicted molar refractivity (Wildman–Crippen MR) is 48.0 cm³/mol. The first-order valence-corrected chi connectivity index (χ1v) is 4.83. The van der Waals surface area contributed by atoms with Gasteiger partial charge in [0.2, 0.25) is 0 Å². The van der Waals surface area contributed by atoms with Crippen LogP contribution >= 0.6 is 0 Å². The maximum absolute atomic E-state index is 5.96. The van der Waals surface area contributed by atoms with Crippen molar-refractivity contribution < 1.29 is 4.74 Å². The molecule has 2 rings (SSSR count). The van der Waals surface area contributed by atoms with E-state index in [0.29, 0.717) is 18.2 Å². The van der Waals surface area contributed by atoms with Crippen molar-refractivity contribution in [3.8, 4) is 0 Å². The third kappa shape index (κ3) is 1.16. The Hall–Kier alpha value is -0.120. The molecule has 0 aromatic carbocycles. The van der Waals surface area contributed by atoms with Crippen LogP contribution in [0.4, 0.5) is 0 Å². The molecule has 12 heavy (non-hydrogen) atoms. The molecule has 4 atom stereocenters. The van der Waals surface area contributed by atoms with Crippen LogP contribution < -0.4 is 5.73 Å². The molecule has 0 bridgehead atoms. The predicted octanol–water partition coefficient (Wildman–Crippen LogP) is 0.195. The van der Waals surface area contributed by atoms with Gasteiger partial charge in [-0.1, -0.05) is 6.92 Å². The molecule has 3 heteroatoms. The zero-order chi connectivity index (χ0) is 8.72. The van der Waals surface area contributed by atoms with Gasteiger partial charge in [0.15, 0.2) is 0 Å². The molecule has 70 valence electrons. The number of nitrogens with two attached hydrogens (primary N) is 1. The number of fused-ring (bicyclic) bond motifs is 1. The second-order valence-electron chi connectivity index (χ2n) is 4.04. The van der Waals surface area contributed by atoms with E-state index in [1.165, 1.54) is 6.42 Å². The van der Waals surface area contributed by atoms with Gasteiger partial charge in [0, 0.05) is 18.6 Å². The molecule has 3 nitrogen and oxygen atoms in total. The van der Waals surface area contributed by atoms with Gasteiger partial charge in [-0.25, -0.2) is 0 Å². The summed E-state index contributed by atoms with van der Waals surface area (Å²) in [4.78, 5) is 2.34. The lowest BCUT2D eigenvalue weighted by atomic mass is 10.1. The van der Waals surface area contributed by atoms with Crippen LogP contribution in [0.2, 0.25) is 0 Å². The Balaban J connectivity index is 2.04. The van der Waals surface area contributed by atoms with Crippen molar-refractivity contribution in [2.75, 3.05) is 13.6 Å². The van der Waals surface area contributed by atoms with Gasteiger partial charge in [0.1, 0.15) is 0 Å². The molecular weight excluding hydrogens is 152 g/mol. The Kier molecular flexibility index (Phi) is 2.10. The molecule has 2 heterocycles. The van der Waals surface area contributed by atoms with Crippen LogP contribution in [0.1, 0.15) is 19.8 Å². The van der Waals surface area contributed by atoms with Crippen LogP contribution in [-0.2, 0) is 4.74 Å². The Bertz CT molecular complexity index is 158. The molecule has 0 saturated carbocycles. The van der Waals surface area contributed by atoms with Gasteiger partial charge in [-0.3, -0.25) is 4.90 Å². The molecule has 0 spiro atoms. The number of nitrogens with zero attached hydrogens (tertiary/aromatic N) is 1. The summed E-state index contributed by atoms with van der Waals surface area (Å²) in [6.45, 7) is 3.17. The van der Waals surface area contributed by atoms with E-state index in [0.717, 1.165) is 13.0 Å². The normalized spacial score (nSPS) is 48.2.